The molecule has 0 bridgehead atoms. The third-order valence-corrected chi connectivity index (χ3v) is 3.65. The smallest absolute Gasteiger partial charge is 0.307 e. The van der Waals surface area contributed by atoms with Crippen molar-refractivity contribution in [3.05, 3.63) is 60.1 Å². The number of nitrogens with one attached hydrogen (secondary N) is 2. The van der Waals surface area contributed by atoms with Gasteiger partial charge in [0.15, 0.2) is 0 Å². The molecule has 24 heavy (non-hydrogen) atoms. The van der Waals surface area contributed by atoms with Gasteiger partial charge in [-0.25, -0.2) is 9.97 Å². The number of aromatic nitrogens is 3. The Labute approximate surface area is 140 Å². The van der Waals surface area contributed by atoms with E-state index in [-0.39, 0.29) is 17.2 Å². The quantitative estimate of drug-likeness (QED) is 0.771. The average molecular weight is 324 g/mol. The molecule has 3 aromatic rings. The van der Waals surface area contributed by atoms with E-state index >= 15 is 0 Å². The highest BCUT2D eigenvalue weighted by molar-refractivity contribution is 5.89. The molecule has 0 saturated carbocycles. The largest absolute Gasteiger partial charge is 0.437 e. The first-order valence-corrected chi connectivity index (χ1v) is 7.77. The lowest BCUT2D eigenvalue weighted by Crippen LogP contribution is -2.23. The second kappa shape index (κ2) is 6.31. The van der Waals surface area contributed by atoms with Crippen LogP contribution in [0.15, 0.2) is 47.3 Å². The number of hydrogen-bond acceptors (Lipinski definition) is 4. The van der Waals surface area contributed by atoms with Gasteiger partial charge in [-0.1, -0.05) is 45.0 Å². The second-order valence-electron chi connectivity index (χ2n) is 6.56. The predicted octanol–water partition coefficient (Wildman–Crippen LogP) is 3.29. The molecule has 2 N–H and O–H groups in total. The van der Waals surface area contributed by atoms with Crippen LogP contribution in [0.1, 0.15) is 42.8 Å². The number of rotatable bonds is 4. The van der Waals surface area contributed by atoms with E-state index in [4.69, 9.17) is 4.42 Å². The average Bonchev–Trinajstić information content (AvgIpc) is 3.23. The number of H-pyrrole nitrogens is 1. The summed E-state index contributed by atoms with van der Waals surface area (Å²) in [6.45, 7) is 6.39. The topological polar surface area (TPSA) is 83.8 Å². The van der Waals surface area contributed by atoms with Gasteiger partial charge in [0.25, 0.3) is 5.89 Å². The highest BCUT2D eigenvalue weighted by Gasteiger charge is 2.22. The van der Waals surface area contributed by atoms with E-state index in [0.29, 0.717) is 12.3 Å². The maximum Gasteiger partial charge on any atom is 0.307 e. The first kappa shape index (κ1) is 16.0. The van der Waals surface area contributed by atoms with Crippen LogP contribution in [0.3, 0.4) is 0 Å². The Hall–Kier alpha value is -2.89. The summed E-state index contributed by atoms with van der Waals surface area (Å²) in [5.74, 6) is 1.20. The van der Waals surface area contributed by atoms with E-state index in [0.717, 1.165) is 17.0 Å². The number of hydrogen-bond donors (Lipinski definition) is 2. The fourth-order valence-electron chi connectivity index (χ4n) is 2.29. The molecule has 0 atom stereocenters. The third-order valence-electron chi connectivity index (χ3n) is 3.65. The number of oxazole rings is 1. The molecular formula is C18H20N4O2. The lowest BCUT2D eigenvalue weighted by atomic mass is 9.94. The zero-order valence-electron chi connectivity index (χ0n) is 14.0. The number of aromatic amines is 1. The summed E-state index contributed by atoms with van der Waals surface area (Å²) in [4.78, 5) is 23.7. The summed E-state index contributed by atoms with van der Waals surface area (Å²) in [6.07, 6.45) is 5.07. The predicted molar refractivity (Wildman–Crippen MR) is 90.4 cm³/mol. The monoisotopic (exact) mass is 324 g/mol. The van der Waals surface area contributed by atoms with Gasteiger partial charge in [-0.3, -0.25) is 4.79 Å². The van der Waals surface area contributed by atoms with Gasteiger partial charge in [-0.15, -0.1) is 0 Å². The number of nitrogens with zero attached hydrogens (tertiary/aromatic N) is 2. The SMILES string of the molecule is CC(C)(C)c1cnc(C(=O)NCc2ccccc2-c2ncc[nH]2)o1. The van der Waals surface area contributed by atoms with Crippen molar-refractivity contribution in [1.29, 1.82) is 0 Å². The maximum absolute atomic E-state index is 12.3. The summed E-state index contributed by atoms with van der Waals surface area (Å²) in [5.41, 5.74) is 1.73. The van der Waals surface area contributed by atoms with Crippen LogP contribution in [-0.4, -0.2) is 20.9 Å². The minimum atomic E-state index is -0.334. The van der Waals surface area contributed by atoms with Crippen molar-refractivity contribution in [1.82, 2.24) is 20.3 Å². The van der Waals surface area contributed by atoms with Gasteiger partial charge >= 0.3 is 5.91 Å². The highest BCUT2D eigenvalue weighted by atomic mass is 16.4. The molecule has 0 aliphatic rings. The molecule has 1 aromatic carbocycles. The third kappa shape index (κ3) is 3.37. The highest BCUT2D eigenvalue weighted by Crippen LogP contribution is 2.23. The van der Waals surface area contributed by atoms with Gasteiger partial charge in [-0.05, 0) is 5.56 Å². The second-order valence-corrected chi connectivity index (χ2v) is 6.56. The molecule has 0 aliphatic carbocycles. The molecule has 0 saturated heterocycles. The Kier molecular flexibility index (Phi) is 4.20. The van der Waals surface area contributed by atoms with E-state index in [9.17, 15) is 4.79 Å². The summed E-state index contributed by atoms with van der Waals surface area (Å²) >= 11 is 0. The van der Waals surface area contributed by atoms with Crippen molar-refractivity contribution in [2.45, 2.75) is 32.7 Å². The number of benzene rings is 1. The van der Waals surface area contributed by atoms with Crippen molar-refractivity contribution in [3.63, 3.8) is 0 Å². The van der Waals surface area contributed by atoms with Crippen LogP contribution in [0, 0.1) is 0 Å². The van der Waals surface area contributed by atoms with E-state index in [1.54, 1.807) is 18.6 Å². The zero-order valence-corrected chi connectivity index (χ0v) is 14.0. The van der Waals surface area contributed by atoms with Crippen molar-refractivity contribution < 1.29 is 9.21 Å². The molecule has 2 aromatic heterocycles. The van der Waals surface area contributed by atoms with E-state index in [1.807, 2.05) is 45.0 Å². The van der Waals surface area contributed by atoms with E-state index in [2.05, 4.69) is 20.3 Å². The number of amides is 1. The maximum atomic E-state index is 12.3. The lowest BCUT2D eigenvalue weighted by molar-refractivity contribution is 0.0913. The molecular weight excluding hydrogens is 304 g/mol. The molecule has 2 heterocycles. The van der Waals surface area contributed by atoms with Crippen LogP contribution in [0.5, 0.6) is 0 Å². The zero-order chi connectivity index (χ0) is 17.2. The van der Waals surface area contributed by atoms with Gasteiger partial charge < -0.3 is 14.7 Å². The molecule has 0 radical (unpaired) electrons. The Bertz CT molecular complexity index is 829. The van der Waals surface area contributed by atoms with Crippen LogP contribution in [0.4, 0.5) is 0 Å². The molecule has 0 fully saturated rings. The van der Waals surface area contributed by atoms with Crippen molar-refractivity contribution in [2.75, 3.05) is 0 Å². The minimum absolute atomic E-state index is 0.0791. The van der Waals surface area contributed by atoms with E-state index in [1.165, 1.54) is 0 Å². The first-order chi connectivity index (χ1) is 11.4. The molecule has 6 heteroatoms. The molecule has 1 amide bonds. The van der Waals surface area contributed by atoms with Crippen molar-refractivity contribution >= 4 is 5.91 Å². The Morgan fingerprint density at radius 3 is 2.71 bits per heavy atom. The normalized spacial score (nSPS) is 11.5. The van der Waals surface area contributed by atoms with Crippen LogP contribution in [0.2, 0.25) is 0 Å². The Morgan fingerprint density at radius 1 is 1.25 bits per heavy atom. The molecule has 0 spiro atoms. The van der Waals surface area contributed by atoms with Crippen molar-refractivity contribution in [2.24, 2.45) is 0 Å². The molecule has 124 valence electrons. The summed E-state index contributed by atoms with van der Waals surface area (Å²) in [5, 5.41) is 2.85. The molecule has 3 rings (SSSR count). The van der Waals surface area contributed by atoms with Crippen LogP contribution in [0.25, 0.3) is 11.4 Å². The summed E-state index contributed by atoms with van der Waals surface area (Å²) in [7, 11) is 0. The molecule has 0 unspecified atom stereocenters. The number of carbonyl (C=O) groups is 1. The van der Waals surface area contributed by atoms with Crippen LogP contribution in [-0.2, 0) is 12.0 Å². The Morgan fingerprint density at radius 2 is 2.04 bits per heavy atom. The summed E-state index contributed by atoms with van der Waals surface area (Å²) in [6, 6.07) is 7.78. The van der Waals surface area contributed by atoms with Gasteiger partial charge in [0.1, 0.15) is 11.6 Å². The van der Waals surface area contributed by atoms with Gasteiger partial charge in [-0.2, -0.15) is 0 Å². The minimum Gasteiger partial charge on any atom is -0.437 e. The summed E-state index contributed by atoms with van der Waals surface area (Å²) < 4.78 is 5.56. The lowest BCUT2D eigenvalue weighted by Gasteiger charge is -2.13. The number of carbonyl (C=O) groups excluding carboxylic acids is 1. The molecule has 0 aliphatic heterocycles. The number of imidazole rings is 1. The van der Waals surface area contributed by atoms with E-state index < -0.39 is 0 Å². The first-order valence-electron chi connectivity index (χ1n) is 7.77. The van der Waals surface area contributed by atoms with Crippen LogP contribution < -0.4 is 5.32 Å². The van der Waals surface area contributed by atoms with Crippen LogP contribution >= 0.6 is 0 Å². The Balaban J connectivity index is 1.73. The molecule has 6 nitrogen and oxygen atoms in total. The fraction of sp³-hybridized carbons (Fsp3) is 0.278. The van der Waals surface area contributed by atoms with Gasteiger partial charge in [0, 0.05) is 29.9 Å². The van der Waals surface area contributed by atoms with Gasteiger partial charge in [0.2, 0.25) is 0 Å². The van der Waals surface area contributed by atoms with Crippen molar-refractivity contribution in [3.8, 4) is 11.4 Å². The fourth-order valence-corrected chi connectivity index (χ4v) is 2.29. The standard InChI is InChI=1S/C18H20N4O2/c1-18(2,3)14-11-22-17(24-14)16(23)21-10-12-6-4-5-7-13(12)15-19-8-9-20-15/h4-9,11H,10H2,1-3H3,(H,19,20)(H,21,23). The van der Waals surface area contributed by atoms with Gasteiger partial charge in [0.05, 0.1) is 6.20 Å².